The smallest absolute Gasteiger partial charge is 0.272 e. The van der Waals surface area contributed by atoms with Crippen molar-refractivity contribution in [2.45, 2.75) is 19.9 Å². The quantitative estimate of drug-likeness (QED) is 0.909. The van der Waals surface area contributed by atoms with Crippen LogP contribution in [0.25, 0.3) is 0 Å². The Kier molecular flexibility index (Phi) is 5.00. The molecule has 1 aliphatic heterocycles. The predicted octanol–water partition coefficient (Wildman–Crippen LogP) is 1.11. The molecule has 1 aliphatic rings. The molecule has 0 aliphatic carbocycles. The summed E-state index contributed by atoms with van der Waals surface area (Å²) in [7, 11) is 0. The van der Waals surface area contributed by atoms with E-state index >= 15 is 0 Å². The van der Waals surface area contributed by atoms with Crippen molar-refractivity contribution >= 4 is 11.9 Å². The van der Waals surface area contributed by atoms with Gasteiger partial charge >= 0.3 is 0 Å². The van der Waals surface area contributed by atoms with Gasteiger partial charge in [-0.2, -0.15) is 0 Å². The normalized spacial score (nSPS) is 16.0. The number of nitrogens with two attached hydrogens (primary N) is 1. The predicted molar refractivity (Wildman–Crippen MR) is 91.2 cm³/mol. The van der Waals surface area contributed by atoms with Crippen LogP contribution in [0.3, 0.4) is 0 Å². The highest BCUT2D eigenvalue weighted by molar-refractivity contribution is 5.92. The number of hydrogen-bond acceptors (Lipinski definition) is 6. The van der Waals surface area contributed by atoms with Crippen LogP contribution in [-0.2, 0) is 6.54 Å². The third-order valence-electron chi connectivity index (χ3n) is 4.10. The number of anilines is 1. The number of nitrogen functional groups attached to an aromatic ring is 1. The third kappa shape index (κ3) is 4.05. The van der Waals surface area contributed by atoms with Crippen molar-refractivity contribution in [3.63, 3.8) is 0 Å². The largest absolute Gasteiger partial charge is 0.368 e. The lowest BCUT2D eigenvalue weighted by molar-refractivity contribution is 0.0755. The first-order chi connectivity index (χ1) is 11.6. The number of aromatic nitrogens is 3. The van der Waals surface area contributed by atoms with Crippen LogP contribution < -0.4 is 5.73 Å². The van der Waals surface area contributed by atoms with Crippen molar-refractivity contribution in [1.29, 1.82) is 0 Å². The Balaban J connectivity index is 1.63. The summed E-state index contributed by atoms with van der Waals surface area (Å²) in [5.74, 6) is 0.0711. The second kappa shape index (κ2) is 7.35. The van der Waals surface area contributed by atoms with Gasteiger partial charge in [-0.15, -0.1) is 0 Å². The fourth-order valence-corrected chi connectivity index (χ4v) is 2.95. The fraction of sp³-hybridized carbons (Fsp3) is 0.412. The van der Waals surface area contributed by atoms with Crippen LogP contribution in [0.5, 0.6) is 0 Å². The van der Waals surface area contributed by atoms with E-state index in [1.54, 1.807) is 12.3 Å². The molecule has 2 aromatic heterocycles. The standard InChI is InChI=1S/C17H22N6O/c1-13-10-15(21-17(18)20-13)16(24)23-7-3-6-22(8-9-23)12-14-4-2-5-19-11-14/h2,4-5,10-11H,3,6-9,12H2,1H3,(H2,18,20,21). The average molecular weight is 326 g/mol. The second-order valence-corrected chi connectivity index (χ2v) is 6.04. The number of amides is 1. The van der Waals surface area contributed by atoms with Crippen LogP contribution in [0.4, 0.5) is 5.95 Å². The van der Waals surface area contributed by atoms with E-state index in [4.69, 9.17) is 5.73 Å². The lowest BCUT2D eigenvalue weighted by atomic mass is 10.2. The third-order valence-corrected chi connectivity index (χ3v) is 4.10. The van der Waals surface area contributed by atoms with Gasteiger partial charge in [0.05, 0.1) is 0 Å². The maximum atomic E-state index is 12.7. The van der Waals surface area contributed by atoms with E-state index in [-0.39, 0.29) is 11.9 Å². The van der Waals surface area contributed by atoms with Gasteiger partial charge in [-0.05, 0) is 31.0 Å². The summed E-state index contributed by atoms with van der Waals surface area (Å²) in [6, 6.07) is 5.72. The summed E-state index contributed by atoms with van der Waals surface area (Å²) in [4.78, 5) is 29.1. The van der Waals surface area contributed by atoms with Crippen molar-refractivity contribution in [3.05, 3.63) is 47.5 Å². The van der Waals surface area contributed by atoms with Gasteiger partial charge in [0.2, 0.25) is 5.95 Å². The monoisotopic (exact) mass is 326 g/mol. The Morgan fingerprint density at radius 3 is 2.88 bits per heavy atom. The second-order valence-electron chi connectivity index (χ2n) is 6.04. The summed E-state index contributed by atoms with van der Waals surface area (Å²) >= 11 is 0. The summed E-state index contributed by atoms with van der Waals surface area (Å²) in [6.07, 6.45) is 4.60. The fourth-order valence-electron chi connectivity index (χ4n) is 2.95. The molecule has 0 spiro atoms. The number of aryl methyl sites for hydroxylation is 1. The molecule has 2 aromatic rings. The Morgan fingerprint density at radius 2 is 2.12 bits per heavy atom. The molecule has 0 unspecified atom stereocenters. The number of rotatable bonds is 3. The zero-order valence-electron chi connectivity index (χ0n) is 13.9. The number of carbonyl (C=O) groups excluding carboxylic acids is 1. The molecule has 1 saturated heterocycles. The number of carbonyl (C=O) groups is 1. The van der Waals surface area contributed by atoms with Crippen LogP contribution in [0.1, 0.15) is 28.2 Å². The molecule has 3 rings (SSSR count). The van der Waals surface area contributed by atoms with Crippen LogP contribution in [0, 0.1) is 6.92 Å². The van der Waals surface area contributed by atoms with E-state index in [2.05, 4.69) is 25.9 Å². The molecule has 7 heteroatoms. The molecule has 3 heterocycles. The first kappa shape index (κ1) is 16.3. The maximum Gasteiger partial charge on any atom is 0.272 e. The van der Waals surface area contributed by atoms with Gasteiger partial charge in [0.25, 0.3) is 5.91 Å². The summed E-state index contributed by atoms with van der Waals surface area (Å²) in [5, 5.41) is 0. The molecule has 0 aromatic carbocycles. The summed E-state index contributed by atoms with van der Waals surface area (Å²) < 4.78 is 0. The molecule has 1 fully saturated rings. The topological polar surface area (TPSA) is 88.2 Å². The Bertz CT molecular complexity index is 685. The molecule has 0 bridgehead atoms. The Labute approximate surface area is 141 Å². The zero-order valence-corrected chi connectivity index (χ0v) is 13.9. The molecule has 0 radical (unpaired) electrons. The zero-order chi connectivity index (χ0) is 16.9. The number of hydrogen-bond donors (Lipinski definition) is 1. The molecule has 24 heavy (non-hydrogen) atoms. The minimum Gasteiger partial charge on any atom is -0.368 e. The molecule has 7 nitrogen and oxygen atoms in total. The van der Waals surface area contributed by atoms with E-state index in [0.717, 1.165) is 32.6 Å². The van der Waals surface area contributed by atoms with Gasteiger partial charge in [-0.25, -0.2) is 9.97 Å². The van der Waals surface area contributed by atoms with Crippen LogP contribution >= 0.6 is 0 Å². The summed E-state index contributed by atoms with van der Waals surface area (Å²) in [6.45, 7) is 5.87. The highest BCUT2D eigenvalue weighted by atomic mass is 16.2. The van der Waals surface area contributed by atoms with E-state index in [1.165, 1.54) is 5.56 Å². The SMILES string of the molecule is Cc1cc(C(=O)N2CCCN(Cc3cccnc3)CC2)nc(N)n1. The van der Waals surface area contributed by atoms with Crippen LogP contribution in [0.2, 0.25) is 0 Å². The maximum absolute atomic E-state index is 12.7. The van der Waals surface area contributed by atoms with Crippen molar-refractivity contribution in [2.75, 3.05) is 31.9 Å². The average Bonchev–Trinajstić information content (AvgIpc) is 2.80. The van der Waals surface area contributed by atoms with Gasteiger partial charge in [0.15, 0.2) is 0 Å². The Hall–Kier alpha value is -2.54. The minimum atomic E-state index is -0.0737. The Morgan fingerprint density at radius 1 is 1.25 bits per heavy atom. The number of nitrogens with zero attached hydrogens (tertiary/aromatic N) is 5. The molecule has 0 atom stereocenters. The van der Waals surface area contributed by atoms with Gasteiger partial charge in [0.1, 0.15) is 5.69 Å². The van der Waals surface area contributed by atoms with Gasteiger partial charge in [0, 0.05) is 50.8 Å². The highest BCUT2D eigenvalue weighted by Crippen LogP contribution is 2.12. The van der Waals surface area contributed by atoms with Gasteiger partial charge < -0.3 is 10.6 Å². The van der Waals surface area contributed by atoms with Crippen molar-refractivity contribution < 1.29 is 4.79 Å². The molecular formula is C17H22N6O. The molecule has 1 amide bonds. The van der Waals surface area contributed by atoms with E-state index < -0.39 is 0 Å². The molecule has 0 saturated carbocycles. The molecular weight excluding hydrogens is 304 g/mol. The summed E-state index contributed by atoms with van der Waals surface area (Å²) in [5.41, 5.74) is 7.93. The van der Waals surface area contributed by atoms with Crippen LogP contribution in [0.15, 0.2) is 30.6 Å². The molecule has 2 N–H and O–H groups in total. The lowest BCUT2D eigenvalue weighted by Gasteiger charge is -2.22. The minimum absolute atomic E-state index is 0.0737. The van der Waals surface area contributed by atoms with Crippen molar-refractivity contribution in [3.8, 4) is 0 Å². The van der Waals surface area contributed by atoms with Gasteiger partial charge in [-0.3, -0.25) is 14.7 Å². The lowest BCUT2D eigenvalue weighted by Crippen LogP contribution is -2.35. The van der Waals surface area contributed by atoms with Crippen molar-refractivity contribution in [1.82, 2.24) is 24.8 Å². The van der Waals surface area contributed by atoms with Crippen molar-refractivity contribution in [2.24, 2.45) is 0 Å². The van der Waals surface area contributed by atoms with E-state index in [9.17, 15) is 4.79 Å². The van der Waals surface area contributed by atoms with E-state index in [1.807, 2.05) is 24.1 Å². The molecule has 126 valence electrons. The number of pyridine rings is 1. The van der Waals surface area contributed by atoms with E-state index in [0.29, 0.717) is 17.9 Å². The van der Waals surface area contributed by atoms with Gasteiger partial charge in [-0.1, -0.05) is 6.07 Å². The van der Waals surface area contributed by atoms with Crippen LogP contribution in [-0.4, -0.2) is 56.8 Å². The highest BCUT2D eigenvalue weighted by Gasteiger charge is 2.22. The first-order valence-corrected chi connectivity index (χ1v) is 8.13. The first-order valence-electron chi connectivity index (χ1n) is 8.13.